The molecule has 1 saturated heterocycles. The van der Waals surface area contributed by atoms with Crippen LogP contribution in [0, 0.1) is 0 Å². The van der Waals surface area contributed by atoms with Crippen LogP contribution in [0.2, 0.25) is 0 Å². The number of methoxy groups -OCH3 is 2. The molecule has 170 valence electrons. The molecule has 9 nitrogen and oxygen atoms in total. The molecule has 0 atom stereocenters. The molecule has 4 rings (SSSR count). The van der Waals surface area contributed by atoms with Crippen molar-refractivity contribution in [1.82, 2.24) is 19.8 Å². The van der Waals surface area contributed by atoms with E-state index >= 15 is 0 Å². The Bertz CT molecular complexity index is 1120. The number of rotatable bonds is 8. The lowest BCUT2D eigenvalue weighted by atomic mass is 10.1. The van der Waals surface area contributed by atoms with Crippen LogP contribution in [-0.4, -0.2) is 58.9 Å². The molecular formula is C24H25N5O4. The molecule has 2 heterocycles. The van der Waals surface area contributed by atoms with Gasteiger partial charge in [-0.05, 0) is 35.9 Å². The summed E-state index contributed by atoms with van der Waals surface area (Å²) in [6.45, 7) is 1.57. The number of nitrogens with zero attached hydrogens (tertiary/aromatic N) is 4. The molecule has 1 aliphatic heterocycles. The van der Waals surface area contributed by atoms with Gasteiger partial charge >= 0.3 is 11.8 Å². The van der Waals surface area contributed by atoms with Crippen LogP contribution in [0.15, 0.2) is 60.9 Å². The monoisotopic (exact) mass is 447 g/mol. The lowest BCUT2D eigenvalue weighted by Crippen LogP contribution is -2.53. The quantitative estimate of drug-likeness (QED) is 0.530. The second-order valence-corrected chi connectivity index (χ2v) is 7.53. The molecule has 0 unspecified atom stereocenters. The molecule has 2 aromatic carbocycles. The smallest absolute Gasteiger partial charge is 0.312 e. The molecule has 3 aromatic rings. The van der Waals surface area contributed by atoms with Crippen molar-refractivity contribution in [1.29, 1.82) is 0 Å². The van der Waals surface area contributed by atoms with Crippen molar-refractivity contribution in [3.05, 3.63) is 72.1 Å². The summed E-state index contributed by atoms with van der Waals surface area (Å²) in [5, 5.41) is 3.11. The number of aromatic nitrogens is 2. The third-order valence-corrected chi connectivity index (χ3v) is 5.40. The van der Waals surface area contributed by atoms with Crippen LogP contribution in [0.5, 0.6) is 11.5 Å². The zero-order valence-corrected chi connectivity index (χ0v) is 18.5. The minimum absolute atomic E-state index is 0.299. The maximum absolute atomic E-state index is 12.8. The van der Waals surface area contributed by atoms with E-state index in [9.17, 15) is 9.59 Å². The Morgan fingerprint density at radius 2 is 1.55 bits per heavy atom. The van der Waals surface area contributed by atoms with E-state index in [1.807, 2.05) is 36.4 Å². The van der Waals surface area contributed by atoms with Crippen LogP contribution in [0.3, 0.4) is 0 Å². The van der Waals surface area contributed by atoms with Gasteiger partial charge in [-0.3, -0.25) is 9.59 Å². The van der Waals surface area contributed by atoms with Gasteiger partial charge in [-0.15, -0.1) is 0 Å². The lowest BCUT2D eigenvalue weighted by molar-refractivity contribution is -0.156. The highest BCUT2D eigenvalue weighted by Crippen LogP contribution is 2.26. The van der Waals surface area contributed by atoms with Gasteiger partial charge in [0.25, 0.3) is 0 Å². The molecule has 33 heavy (non-hydrogen) atoms. The Labute approximate surface area is 192 Å². The van der Waals surface area contributed by atoms with E-state index in [1.54, 1.807) is 48.5 Å². The molecule has 0 spiro atoms. The van der Waals surface area contributed by atoms with Crippen molar-refractivity contribution in [3.63, 3.8) is 0 Å². The second kappa shape index (κ2) is 9.99. The fraction of sp³-hybridized carbons (Fsp3) is 0.250. The fourth-order valence-corrected chi connectivity index (χ4v) is 3.61. The van der Waals surface area contributed by atoms with E-state index in [4.69, 9.17) is 9.47 Å². The largest absolute Gasteiger partial charge is 0.497 e. The van der Waals surface area contributed by atoms with E-state index in [2.05, 4.69) is 15.3 Å². The predicted molar refractivity (Wildman–Crippen MR) is 122 cm³/mol. The Kier molecular flexibility index (Phi) is 6.68. The standard InChI is InChI=1S/C24H25N5O4/c1-32-20-9-6-18(21(14-20)33-2)16-29-13-12-28(22(30)23(29)31)15-17-4-7-19(8-5-17)27-24-25-10-3-11-26-24/h3-11,14H,12-13,15-16H2,1-2H3,(H,25,26,27). The molecular weight excluding hydrogens is 422 g/mol. The molecule has 2 amide bonds. The van der Waals surface area contributed by atoms with Crippen molar-refractivity contribution >= 4 is 23.5 Å². The van der Waals surface area contributed by atoms with Crippen LogP contribution >= 0.6 is 0 Å². The highest BCUT2D eigenvalue weighted by Gasteiger charge is 2.32. The van der Waals surface area contributed by atoms with Crippen LogP contribution in [0.1, 0.15) is 11.1 Å². The Morgan fingerprint density at radius 1 is 0.879 bits per heavy atom. The molecule has 1 aliphatic rings. The summed E-state index contributed by atoms with van der Waals surface area (Å²) in [6, 6.07) is 14.8. The maximum atomic E-state index is 12.8. The van der Waals surface area contributed by atoms with Gasteiger partial charge in [0, 0.05) is 55.9 Å². The number of nitrogens with one attached hydrogen (secondary N) is 1. The fourth-order valence-electron chi connectivity index (χ4n) is 3.61. The van der Waals surface area contributed by atoms with Crippen molar-refractivity contribution in [2.45, 2.75) is 13.1 Å². The van der Waals surface area contributed by atoms with E-state index in [0.29, 0.717) is 43.6 Å². The van der Waals surface area contributed by atoms with Crippen molar-refractivity contribution in [3.8, 4) is 11.5 Å². The zero-order chi connectivity index (χ0) is 23.2. The summed E-state index contributed by atoms with van der Waals surface area (Å²) in [4.78, 5) is 36.9. The van der Waals surface area contributed by atoms with Gasteiger partial charge in [-0.1, -0.05) is 12.1 Å². The maximum Gasteiger partial charge on any atom is 0.312 e. The van der Waals surface area contributed by atoms with Gasteiger partial charge in [0.05, 0.1) is 14.2 Å². The third kappa shape index (κ3) is 5.20. The lowest BCUT2D eigenvalue weighted by Gasteiger charge is -2.34. The van der Waals surface area contributed by atoms with E-state index in [-0.39, 0.29) is 0 Å². The first-order chi connectivity index (χ1) is 16.1. The normalized spacial score (nSPS) is 13.8. The Morgan fingerprint density at radius 3 is 2.18 bits per heavy atom. The number of hydrogen-bond acceptors (Lipinski definition) is 7. The zero-order valence-electron chi connectivity index (χ0n) is 18.5. The minimum atomic E-state index is -0.515. The van der Waals surface area contributed by atoms with Crippen LogP contribution in [-0.2, 0) is 22.7 Å². The topological polar surface area (TPSA) is 96.9 Å². The molecule has 1 fully saturated rings. The van der Waals surface area contributed by atoms with Crippen molar-refractivity contribution in [2.75, 3.05) is 32.6 Å². The average molecular weight is 447 g/mol. The number of ether oxygens (including phenoxy) is 2. The number of carbonyl (C=O) groups is 2. The van der Waals surface area contributed by atoms with Crippen LogP contribution in [0.25, 0.3) is 0 Å². The first-order valence-electron chi connectivity index (χ1n) is 10.5. The summed E-state index contributed by atoms with van der Waals surface area (Å²) < 4.78 is 10.6. The molecule has 0 radical (unpaired) electrons. The minimum Gasteiger partial charge on any atom is -0.497 e. The number of piperazine rings is 1. The number of amides is 2. The molecule has 1 aromatic heterocycles. The number of hydrogen-bond donors (Lipinski definition) is 1. The summed E-state index contributed by atoms with van der Waals surface area (Å²) in [5.41, 5.74) is 2.59. The average Bonchev–Trinajstić information content (AvgIpc) is 2.85. The summed E-state index contributed by atoms with van der Waals surface area (Å²) in [6.07, 6.45) is 3.33. The van der Waals surface area contributed by atoms with Crippen molar-refractivity contribution < 1.29 is 19.1 Å². The number of benzene rings is 2. The van der Waals surface area contributed by atoms with Crippen molar-refractivity contribution in [2.24, 2.45) is 0 Å². The molecule has 0 bridgehead atoms. The first-order valence-corrected chi connectivity index (χ1v) is 10.5. The van der Waals surface area contributed by atoms with Gasteiger partial charge in [-0.2, -0.15) is 0 Å². The van der Waals surface area contributed by atoms with Gasteiger partial charge in [0.15, 0.2) is 0 Å². The van der Waals surface area contributed by atoms with Gasteiger partial charge in [0.1, 0.15) is 11.5 Å². The Balaban J connectivity index is 1.36. The highest BCUT2D eigenvalue weighted by molar-refractivity contribution is 6.35. The summed E-state index contributed by atoms with van der Waals surface area (Å²) >= 11 is 0. The van der Waals surface area contributed by atoms with E-state index in [1.165, 1.54) is 0 Å². The number of carbonyl (C=O) groups excluding carboxylic acids is 2. The van der Waals surface area contributed by atoms with Gasteiger partial charge < -0.3 is 24.6 Å². The third-order valence-electron chi connectivity index (χ3n) is 5.40. The summed E-state index contributed by atoms with van der Waals surface area (Å²) in [5.74, 6) is 0.773. The molecule has 0 aliphatic carbocycles. The predicted octanol–water partition coefficient (Wildman–Crippen LogP) is 2.61. The highest BCUT2D eigenvalue weighted by atomic mass is 16.5. The van der Waals surface area contributed by atoms with Gasteiger partial charge in [0.2, 0.25) is 5.95 Å². The van der Waals surface area contributed by atoms with Crippen LogP contribution < -0.4 is 14.8 Å². The molecule has 1 N–H and O–H groups in total. The summed E-state index contributed by atoms with van der Waals surface area (Å²) in [7, 11) is 3.15. The second-order valence-electron chi connectivity index (χ2n) is 7.53. The van der Waals surface area contributed by atoms with Crippen LogP contribution in [0.4, 0.5) is 11.6 Å². The van der Waals surface area contributed by atoms with Gasteiger partial charge in [-0.25, -0.2) is 9.97 Å². The Hall–Kier alpha value is -4.14. The van der Waals surface area contributed by atoms with E-state index in [0.717, 1.165) is 16.8 Å². The SMILES string of the molecule is COc1ccc(CN2CCN(Cc3ccc(Nc4ncccn4)cc3)C(=O)C2=O)c(OC)c1. The first kappa shape index (κ1) is 22.1. The molecule has 0 saturated carbocycles. The van der Waals surface area contributed by atoms with E-state index < -0.39 is 11.8 Å². The number of anilines is 2. The molecule has 9 heteroatoms.